The molecule has 18 heteroatoms. The van der Waals surface area contributed by atoms with E-state index in [0.717, 1.165) is 24.3 Å². The molecule has 0 atom stereocenters. The van der Waals surface area contributed by atoms with Crippen LogP contribution in [0, 0.1) is 126 Å². The van der Waals surface area contributed by atoms with E-state index >= 15 is 17.6 Å². The molecule has 0 unspecified atom stereocenters. The minimum atomic E-state index is -5.54. The van der Waals surface area contributed by atoms with Crippen LogP contribution in [0.3, 0.4) is 0 Å². The average molecular weight is 693 g/mol. The molecule has 242 valence electrons. The van der Waals surface area contributed by atoms with Gasteiger partial charge in [-0.25, -0.2) is 35.1 Å². The molecule has 7 nitrogen and oxygen atoms in total. The zero-order valence-electron chi connectivity index (χ0n) is 23.4. The van der Waals surface area contributed by atoms with Crippen LogP contribution in [-0.4, -0.2) is 0 Å². The Morgan fingerprint density at radius 1 is 0.440 bits per heavy atom. The number of allylic oxidation sites excluding steroid dienone is 6. The summed E-state index contributed by atoms with van der Waals surface area (Å²) in [6.45, 7) is 0. The highest BCUT2D eigenvalue weighted by Gasteiger charge is 2.47. The zero-order chi connectivity index (χ0) is 37.6. The lowest BCUT2D eigenvalue weighted by atomic mass is 9.91. The summed E-state index contributed by atoms with van der Waals surface area (Å²) in [7, 11) is 0. The van der Waals surface area contributed by atoms with E-state index < -0.39 is 131 Å². The van der Waals surface area contributed by atoms with Gasteiger partial charge < -0.3 is 0 Å². The summed E-state index contributed by atoms with van der Waals surface area (Å²) in [5.41, 5.74) is -21.9. The van der Waals surface area contributed by atoms with E-state index in [-0.39, 0.29) is 6.07 Å². The minimum absolute atomic E-state index is 0.120. The van der Waals surface area contributed by atoms with Crippen LogP contribution in [0.1, 0.15) is 44.5 Å². The van der Waals surface area contributed by atoms with Gasteiger partial charge >= 0.3 is 6.18 Å². The first kappa shape index (κ1) is 35.4. The standard InChI is InChI=1S/C32H2F11N7/c33-24-15(8-49)25(34)29(38)22(28(24)37)13(6-47)20-19(12(5-46)18-11(4-45)1-10(3-44)2-17(18)32(41,42)43)21(20)14(7-48)23-30(39)26(35)16(9-50)27(36)31(23)40/h1-2H/b19-12?,20-13-,21-14+. The van der Waals surface area contributed by atoms with Crippen molar-refractivity contribution in [1.29, 1.82) is 36.8 Å². The predicted molar refractivity (Wildman–Crippen MR) is 140 cm³/mol. The summed E-state index contributed by atoms with van der Waals surface area (Å²) in [4.78, 5) is 0. The van der Waals surface area contributed by atoms with Gasteiger partial charge in [0.1, 0.15) is 41.5 Å². The summed E-state index contributed by atoms with van der Waals surface area (Å²) in [5.74, 6) is -19.6. The Bertz CT molecular complexity index is 2350. The van der Waals surface area contributed by atoms with Gasteiger partial charge in [0, 0.05) is 22.3 Å². The highest BCUT2D eigenvalue weighted by molar-refractivity contribution is 6.12. The van der Waals surface area contributed by atoms with Crippen LogP contribution in [0.2, 0.25) is 0 Å². The molecule has 3 aromatic rings. The molecule has 0 radical (unpaired) electrons. The Balaban J connectivity index is 2.41. The quantitative estimate of drug-likeness (QED) is 0.155. The molecule has 0 aliphatic heterocycles. The number of rotatable bonds is 3. The number of alkyl halides is 3. The molecule has 50 heavy (non-hydrogen) atoms. The fourth-order valence-electron chi connectivity index (χ4n) is 4.83. The van der Waals surface area contributed by atoms with Crippen molar-refractivity contribution >= 4 is 16.7 Å². The molecular weight excluding hydrogens is 691 g/mol. The monoisotopic (exact) mass is 693 g/mol. The molecule has 0 amide bonds. The maximum absolute atomic E-state index is 15.2. The Morgan fingerprint density at radius 2 is 0.780 bits per heavy atom. The van der Waals surface area contributed by atoms with Crippen molar-refractivity contribution in [2.24, 2.45) is 0 Å². The highest BCUT2D eigenvalue weighted by atomic mass is 19.4. The second-order valence-electron chi connectivity index (χ2n) is 9.49. The van der Waals surface area contributed by atoms with Crippen molar-refractivity contribution in [2.45, 2.75) is 6.18 Å². The topological polar surface area (TPSA) is 167 Å². The zero-order valence-corrected chi connectivity index (χ0v) is 23.4. The molecule has 0 aromatic heterocycles. The lowest BCUT2D eigenvalue weighted by Crippen LogP contribution is -2.11. The lowest BCUT2D eigenvalue weighted by molar-refractivity contribution is -0.137. The van der Waals surface area contributed by atoms with Gasteiger partial charge in [-0.15, -0.1) is 0 Å². The van der Waals surface area contributed by atoms with Crippen LogP contribution in [0.4, 0.5) is 48.3 Å². The third-order valence-electron chi connectivity index (χ3n) is 6.97. The van der Waals surface area contributed by atoms with Gasteiger partial charge in [-0.2, -0.15) is 50.0 Å². The number of hydrogen-bond acceptors (Lipinski definition) is 7. The second-order valence-corrected chi connectivity index (χ2v) is 9.49. The molecule has 4 rings (SSSR count). The molecule has 1 saturated carbocycles. The fraction of sp³-hybridized carbons (Fsp3) is 0.0312. The van der Waals surface area contributed by atoms with Crippen LogP contribution in [0.25, 0.3) is 16.7 Å². The van der Waals surface area contributed by atoms with Crippen molar-refractivity contribution in [1.82, 2.24) is 0 Å². The summed E-state index contributed by atoms with van der Waals surface area (Å²) < 4.78 is 162. The van der Waals surface area contributed by atoms with E-state index in [1.165, 1.54) is 18.2 Å². The Morgan fingerprint density at radius 3 is 1.04 bits per heavy atom. The van der Waals surface area contributed by atoms with E-state index in [2.05, 4.69) is 0 Å². The van der Waals surface area contributed by atoms with Gasteiger partial charge in [0.05, 0.1) is 56.7 Å². The first-order valence-electron chi connectivity index (χ1n) is 12.5. The summed E-state index contributed by atoms with van der Waals surface area (Å²) in [6.07, 6.45) is -5.54. The minimum Gasteiger partial charge on any atom is -0.203 e. The first-order valence-corrected chi connectivity index (χ1v) is 12.5. The van der Waals surface area contributed by atoms with Crippen LogP contribution in [-0.2, 0) is 6.18 Å². The van der Waals surface area contributed by atoms with Crippen molar-refractivity contribution < 1.29 is 48.3 Å². The van der Waals surface area contributed by atoms with E-state index in [1.54, 1.807) is 0 Å². The molecule has 3 aromatic carbocycles. The molecule has 0 N–H and O–H groups in total. The molecule has 1 fully saturated rings. The Hall–Kier alpha value is -7.46. The number of nitrogens with zero attached hydrogens (tertiary/aromatic N) is 7. The molecule has 0 saturated heterocycles. The van der Waals surface area contributed by atoms with Gasteiger partial charge in [-0.1, -0.05) is 0 Å². The molecule has 1 aliphatic carbocycles. The first-order chi connectivity index (χ1) is 23.5. The molecular formula is C32H2F11N7. The third-order valence-corrected chi connectivity index (χ3v) is 6.97. The van der Waals surface area contributed by atoms with Gasteiger partial charge in [-0.3, -0.25) is 0 Å². The van der Waals surface area contributed by atoms with Gasteiger partial charge in [0.25, 0.3) is 0 Å². The largest absolute Gasteiger partial charge is 0.417 e. The molecule has 0 spiro atoms. The van der Waals surface area contributed by atoms with Crippen molar-refractivity contribution in [3.8, 4) is 42.5 Å². The average Bonchev–Trinajstić information content (AvgIpc) is 3.80. The molecule has 1 aliphatic rings. The maximum Gasteiger partial charge on any atom is 0.417 e. The van der Waals surface area contributed by atoms with E-state index in [9.17, 15) is 57.0 Å². The number of nitriles is 7. The summed E-state index contributed by atoms with van der Waals surface area (Å²) in [5, 5.41) is 66.5. The van der Waals surface area contributed by atoms with E-state index in [4.69, 9.17) is 10.5 Å². The van der Waals surface area contributed by atoms with Crippen molar-refractivity contribution in [3.05, 3.63) is 120 Å². The smallest absolute Gasteiger partial charge is 0.203 e. The van der Waals surface area contributed by atoms with Gasteiger partial charge in [0.15, 0.2) is 46.5 Å². The normalized spacial score (nSPS) is 14.9. The predicted octanol–water partition coefficient (Wildman–Crippen LogP) is 7.55. The van der Waals surface area contributed by atoms with Crippen LogP contribution in [0.15, 0.2) is 28.9 Å². The highest BCUT2D eigenvalue weighted by Crippen LogP contribution is 2.58. The molecule has 0 heterocycles. The van der Waals surface area contributed by atoms with E-state index in [0.29, 0.717) is 6.07 Å². The summed E-state index contributed by atoms with van der Waals surface area (Å²) >= 11 is 0. The lowest BCUT2D eigenvalue weighted by Gasteiger charge is -2.14. The van der Waals surface area contributed by atoms with Crippen LogP contribution in [0.5, 0.6) is 0 Å². The summed E-state index contributed by atoms with van der Waals surface area (Å²) in [6, 6.07) is 8.01. The van der Waals surface area contributed by atoms with Crippen LogP contribution >= 0.6 is 0 Å². The third kappa shape index (κ3) is 5.19. The second kappa shape index (κ2) is 12.6. The number of hydrogen-bond donors (Lipinski definition) is 0. The Kier molecular flexibility index (Phi) is 8.94. The van der Waals surface area contributed by atoms with Gasteiger partial charge in [-0.05, 0) is 12.1 Å². The van der Waals surface area contributed by atoms with Crippen molar-refractivity contribution in [2.75, 3.05) is 0 Å². The van der Waals surface area contributed by atoms with E-state index in [1.807, 2.05) is 0 Å². The number of benzene rings is 3. The fourth-order valence-corrected chi connectivity index (χ4v) is 4.83. The van der Waals surface area contributed by atoms with Crippen molar-refractivity contribution in [3.63, 3.8) is 0 Å². The Labute approximate surface area is 270 Å². The maximum atomic E-state index is 15.2. The number of halogens is 11. The molecule has 0 bridgehead atoms. The van der Waals surface area contributed by atoms with Crippen LogP contribution < -0.4 is 0 Å². The SMILES string of the molecule is N#CC(=C1C(=C(/C#N)c2c(F)c(F)c(C#N)c(F)c2F)/C1=C(/C#N)c1c(F)c(F)c(C#N)c(F)c1F)c1c(C#N)cc(C#N)cc1C(F)(F)F. The van der Waals surface area contributed by atoms with Gasteiger partial charge in [0.2, 0.25) is 0 Å².